The van der Waals surface area contributed by atoms with Crippen LogP contribution in [0.4, 0.5) is 19.1 Å². The monoisotopic (exact) mass is 477 g/mol. The Morgan fingerprint density at radius 1 is 1.09 bits per heavy atom. The molecule has 0 saturated heterocycles. The zero-order valence-corrected chi connectivity index (χ0v) is 17.6. The minimum Gasteiger partial charge on any atom is -0.424 e. The zero-order valence-electron chi connectivity index (χ0n) is 17.6. The van der Waals surface area contributed by atoms with E-state index in [1.807, 2.05) is 6.07 Å². The Morgan fingerprint density at radius 3 is 2.63 bits per heavy atom. The molecule has 2 aromatic heterocycles. The summed E-state index contributed by atoms with van der Waals surface area (Å²) in [5.74, 6) is 0.193. The summed E-state index contributed by atoms with van der Waals surface area (Å²) in [6, 6.07) is 17.1. The molecule has 0 aliphatic carbocycles. The zero-order chi connectivity index (χ0) is 24.8. The second-order valence-corrected chi connectivity index (χ2v) is 6.88. The van der Waals surface area contributed by atoms with E-state index < -0.39 is 23.4 Å². The first-order chi connectivity index (χ1) is 16.8. The third kappa shape index (κ3) is 5.66. The van der Waals surface area contributed by atoms with E-state index in [0.29, 0.717) is 11.1 Å². The predicted octanol–water partition coefficient (Wildman–Crippen LogP) is 4.36. The number of nitrogens with one attached hydrogen (secondary N) is 2. The molecule has 12 heteroatoms. The molecule has 2 heterocycles. The van der Waals surface area contributed by atoms with Gasteiger partial charge in [0.2, 0.25) is 5.95 Å². The Balaban J connectivity index is 1.51. The lowest BCUT2D eigenvalue weighted by Gasteiger charge is -2.08. The van der Waals surface area contributed by atoms with Gasteiger partial charge in [0.25, 0.3) is 5.56 Å². The fourth-order valence-electron chi connectivity index (χ4n) is 2.91. The van der Waals surface area contributed by atoms with Crippen LogP contribution in [0.1, 0.15) is 16.8 Å². The van der Waals surface area contributed by atoms with Crippen molar-refractivity contribution in [1.82, 2.24) is 19.9 Å². The van der Waals surface area contributed by atoms with Crippen molar-refractivity contribution in [3.63, 3.8) is 0 Å². The van der Waals surface area contributed by atoms with E-state index in [1.54, 1.807) is 42.5 Å². The summed E-state index contributed by atoms with van der Waals surface area (Å²) < 4.78 is 43.8. The molecule has 2 aromatic carbocycles. The maximum absolute atomic E-state index is 12.8. The molecule has 4 aromatic rings. The van der Waals surface area contributed by atoms with Crippen molar-refractivity contribution in [3.05, 3.63) is 94.0 Å². The van der Waals surface area contributed by atoms with Crippen molar-refractivity contribution < 1.29 is 17.9 Å². The number of anilines is 1. The first kappa shape index (κ1) is 23.1. The molecule has 0 amide bonds. The summed E-state index contributed by atoms with van der Waals surface area (Å²) in [7, 11) is 0. The summed E-state index contributed by atoms with van der Waals surface area (Å²) in [6.45, 7) is 0. The van der Waals surface area contributed by atoms with E-state index >= 15 is 0 Å². The summed E-state index contributed by atoms with van der Waals surface area (Å²) in [5.41, 5.74) is 2.01. The van der Waals surface area contributed by atoms with Crippen molar-refractivity contribution in [2.45, 2.75) is 6.18 Å². The van der Waals surface area contributed by atoms with Gasteiger partial charge < -0.3 is 4.74 Å². The first-order valence-corrected chi connectivity index (χ1v) is 9.90. The number of H-pyrrole nitrogens is 1. The molecule has 0 spiro atoms. The van der Waals surface area contributed by atoms with Gasteiger partial charge in [0, 0.05) is 11.8 Å². The number of hydrogen-bond donors (Lipinski definition) is 2. The summed E-state index contributed by atoms with van der Waals surface area (Å²) in [4.78, 5) is 26.1. The van der Waals surface area contributed by atoms with Crippen LogP contribution in [-0.4, -0.2) is 26.2 Å². The molecule has 0 unspecified atom stereocenters. The third-order valence-electron chi connectivity index (χ3n) is 4.45. The number of nitriles is 1. The lowest BCUT2D eigenvalue weighted by atomic mass is 10.1. The molecule has 4 rings (SSSR count). The second-order valence-electron chi connectivity index (χ2n) is 6.88. The molecule has 0 radical (unpaired) electrons. The van der Waals surface area contributed by atoms with Crippen LogP contribution in [0.2, 0.25) is 0 Å². The SMILES string of the molecule is N#Cc1c(-c2ccccc2)nc(NN=Cc2cccc(Oc3nccc(C(F)(F)F)n3)c2)[nH]c1=O. The predicted molar refractivity (Wildman–Crippen MR) is 120 cm³/mol. The number of rotatable bonds is 6. The molecular formula is C23H14F3N7O2. The molecule has 174 valence electrons. The fraction of sp³-hybridized carbons (Fsp3) is 0.0435. The van der Waals surface area contributed by atoms with Gasteiger partial charge in [-0.2, -0.15) is 28.5 Å². The number of hydrogen-bond acceptors (Lipinski definition) is 8. The van der Waals surface area contributed by atoms with E-state index in [-0.39, 0.29) is 23.0 Å². The number of aromatic amines is 1. The number of alkyl halides is 3. The quantitative estimate of drug-likeness (QED) is 0.312. The Hall–Kier alpha value is -5.05. The topological polar surface area (TPSA) is 129 Å². The highest BCUT2D eigenvalue weighted by Gasteiger charge is 2.33. The van der Waals surface area contributed by atoms with Gasteiger partial charge in [-0.1, -0.05) is 42.5 Å². The van der Waals surface area contributed by atoms with Crippen molar-refractivity contribution in [2.75, 3.05) is 5.43 Å². The molecule has 35 heavy (non-hydrogen) atoms. The van der Waals surface area contributed by atoms with Crippen molar-refractivity contribution in [2.24, 2.45) is 5.10 Å². The van der Waals surface area contributed by atoms with Crippen LogP contribution >= 0.6 is 0 Å². The largest absolute Gasteiger partial charge is 0.433 e. The van der Waals surface area contributed by atoms with E-state index in [4.69, 9.17) is 4.74 Å². The molecule has 9 nitrogen and oxygen atoms in total. The summed E-state index contributed by atoms with van der Waals surface area (Å²) in [5, 5.41) is 13.3. The van der Waals surface area contributed by atoms with Crippen LogP contribution in [0.5, 0.6) is 11.8 Å². The fourth-order valence-corrected chi connectivity index (χ4v) is 2.91. The number of nitrogens with zero attached hydrogens (tertiary/aromatic N) is 5. The first-order valence-electron chi connectivity index (χ1n) is 9.90. The maximum Gasteiger partial charge on any atom is 0.433 e. The molecule has 0 fully saturated rings. The standard InChI is InChI=1S/C23H14F3N7O2/c24-23(25,26)18-9-10-28-22(30-18)35-16-8-4-5-14(11-16)13-29-33-21-31-19(15-6-2-1-3-7-15)17(12-27)20(34)32-21/h1-11,13H,(H2,31,32,33,34). The van der Waals surface area contributed by atoms with Crippen LogP contribution < -0.4 is 15.7 Å². The second kappa shape index (κ2) is 9.84. The van der Waals surface area contributed by atoms with Gasteiger partial charge >= 0.3 is 12.2 Å². The van der Waals surface area contributed by atoms with Crippen molar-refractivity contribution >= 4 is 12.2 Å². The van der Waals surface area contributed by atoms with Gasteiger partial charge in [-0.25, -0.2) is 15.4 Å². The normalized spacial score (nSPS) is 11.3. The number of halogens is 3. The van der Waals surface area contributed by atoms with E-state index in [2.05, 4.69) is 30.5 Å². The average Bonchev–Trinajstić information content (AvgIpc) is 2.84. The summed E-state index contributed by atoms with van der Waals surface area (Å²) >= 11 is 0. The van der Waals surface area contributed by atoms with Crippen LogP contribution in [0.25, 0.3) is 11.3 Å². The molecule has 0 aliphatic heterocycles. The highest BCUT2D eigenvalue weighted by Crippen LogP contribution is 2.29. The lowest BCUT2D eigenvalue weighted by Crippen LogP contribution is -2.16. The maximum atomic E-state index is 12.8. The number of hydrazone groups is 1. The van der Waals surface area contributed by atoms with E-state index in [9.17, 15) is 23.2 Å². The smallest absolute Gasteiger partial charge is 0.424 e. The number of aromatic nitrogens is 4. The van der Waals surface area contributed by atoms with E-state index in [0.717, 1.165) is 12.3 Å². The molecule has 0 bridgehead atoms. The minimum absolute atomic E-state index is 0.00822. The lowest BCUT2D eigenvalue weighted by molar-refractivity contribution is -0.141. The highest BCUT2D eigenvalue weighted by molar-refractivity contribution is 5.80. The van der Waals surface area contributed by atoms with Crippen molar-refractivity contribution in [3.8, 4) is 29.1 Å². The van der Waals surface area contributed by atoms with Crippen LogP contribution in [0.3, 0.4) is 0 Å². The van der Waals surface area contributed by atoms with Gasteiger partial charge in [-0.3, -0.25) is 9.78 Å². The van der Waals surface area contributed by atoms with Gasteiger partial charge in [-0.05, 0) is 23.8 Å². The minimum atomic E-state index is -4.62. The van der Waals surface area contributed by atoms with Crippen LogP contribution in [0, 0.1) is 11.3 Å². The van der Waals surface area contributed by atoms with Crippen LogP contribution in [-0.2, 0) is 6.18 Å². The van der Waals surface area contributed by atoms with Crippen molar-refractivity contribution in [1.29, 1.82) is 5.26 Å². The van der Waals surface area contributed by atoms with Gasteiger partial charge in [0.1, 0.15) is 17.4 Å². The van der Waals surface area contributed by atoms with Gasteiger partial charge in [-0.15, -0.1) is 0 Å². The Labute approximate surface area is 195 Å². The third-order valence-corrected chi connectivity index (χ3v) is 4.45. The molecule has 2 N–H and O–H groups in total. The number of benzene rings is 2. The number of ether oxygens (including phenoxy) is 1. The van der Waals surface area contributed by atoms with Gasteiger partial charge in [0.15, 0.2) is 5.69 Å². The molecule has 0 aliphatic rings. The molecule has 0 atom stereocenters. The van der Waals surface area contributed by atoms with Gasteiger partial charge in [0.05, 0.1) is 11.9 Å². The Morgan fingerprint density at radius 2 is 1.89 bits per heavy atom. The Bertz CT molecular complexity index is 1480. The average molecular weight is 477 g/mol. The summed E-state index contributed by atoms with van der Waals surface area (Å²) in [6.07, 6.45) is -2.29. The van der Waals surface area contributed by atoms with Crippen LogP contribution in [0.15, 0.2) is 76.8 Å². The molecular weight excluding hydrogens is 463 g/mol. The highest BCUT2D eigenvalue weighted by atomic mass is 19.4. The van der Waals surface area contributed by atoms with E-state index in [1.165, 1.54) is 18.3 Å². The molecule has 0 saturated carbocycles. The Kier molecular flexibility index (Phi) is 6.50.